The molecule has 0 radical (unpaired) electrons. The molecule has 92 valence electrons. The lowest BCUT2D eigenvalue weighted by atomic mass is 10.2. The van der Waals surface area contributed by atoms with Crippen LogP contribution in [0.5, 0.6) is 0 Å². The van der Waals surface area contributed by atoms with Gasteiger partial charge in [0.25, 0.3) is 5.91 Å². The average molecular weight is 246 g/mol. The van der Waals surface area contributed by atoms with Gasteiger partial charge in [0.1, 0.15) is 0 Å². The van der Waals surface area contributed by atoms with Crippen LogP contribution in [-0.4, -0.2) is 53.5 Å². The maximum Gasteiger partial charge on any atom is 0.332 e. The third-order valence-electron chi connectivity index (χ3n) is 2.46. The molecule has 1 aliphatic heterocycles. The van der Waals surface area contributed by atoms with Crippen LogP contribution in [0.4, 0.5) is 0 Å². The van der Waals surface area contributed by atoms with Crippen molar-refractivity contribution in [1.29, 1.82) is 0 Å². The minimum Gasteiger partial charge on any atom is -0.464 e. The summed E-state index contributed by atoms with van der Waals surface area (Å²) in [7, 11) is 0. The van der Waals surface area contributed by atoms with Crippen molar-refractivity contribution in [1.82, 2.24) is 4.90 Å². The molecule has 0 spiro atoms. The number of rotatable bonds is 3. The second kappa shape index (κ2) is 6.10. The molecule has 0 aromatic carbocycles. The largest absolute Gasteiger partial charge is 0.464 e. The Hall–Kier alpha value is -0.750. The van der Waals surface area contributed by atoms with Crippen molar-refractivity contribution < 1.29 is 14.3 Å². The van der Waals surface area contributed by atoms with E-state index in [0.717, 1.165) is 11.5 Å². The fourth-order valence-corrected chi connectivity index (χ4v) is 2.58. The standard InChI is InChI=1S/C10H18N2O3S/c1-3-15-10(14)8(11)9(13)12-4-5-16-6-7(12)2/h7-8H,3-6,11H2,1-2H3. The smallest absolute Gasteiger partial charge is 0.332 e. The summed E-state index contributed by atoms with van der Waals surface area (Å²) < 4.78 is 4.73. The Morgan fingerprint density at radius 2 is 2.31 bits per heavy atom. The van der Waals surface area contributed by atoms with Crippen molar-refractivity contribution in [3.63, 3.8) is 0 Å². The van der Waals surface area contributed by atoms with Crippen molar-refractivity contribution >= 4 is 23.6 Å². The molecule has 1 heterocycles. The number of thioether (sulfide) groups is 1. The lowest BCUT2D eigenvalue weighted by molar-refractivity contribution is -0.151. The first-order valence-electron chi connectivity index (χ1n) is 5.38. The van der Waals surface area contributed by atoms with Crippen LogP contribution in [0, 0.1) is 0 Å². The summed E-state index contributed by atoms with van der Waals surface area (Å²) in [6.07, 6.45) is 0. The molecule has 1 rings (SSSR count). The molecule has 16 heavy (non-hydrogen) atoms. The first kappa shape index (κ1) is 13.3. The lowest BCUT2D eigenvalue weighted by Gasteiger charge is -2.34. The zero-order chi connectivity index (χ0) is 12.1. The van der Waals surface area contributed by atoms with Crippen molar-refractivity contribution in [2.75, 3.05) is 24.7 Å². The van der Waals surface area contributed by atoms with Gasteiger partial charge in [0.05, 0.1) is 6.61 Å². The topological polar surface area (TPSA) is 72.6 Å². The lowest BCUT2D eigenvalue weighted by Crippen LogP contribution is -2.54. The van der Waals surface area contributed by atoms with Crippen LogP contribution in [0.1, 0.15) is 13.8 Å². The molecule has 5 nitrogen and oxygen atoms in total. The SMILES string of the molecule is CCOC(=O)C(N)C(=O)N1CCSCC1C. The third kappa shape index (κ3) is 3.12. The number of ether oxygens (including phenoxy) is 1. The second-order valence-corrected chi connectivity index (χ2v) is 4.84. The first-order chi connectivity index (χ1) is 7.57. The van der Waals surface area contributed by atoms with Gasteiger partial charge in [0, 0.05) is 24.1 Å². The van der Waals surface area contributed by atoms with E-state index in [9.17, 15) is 9.59 Å². The number of carbonyl (C=O) groups is 2. The van der Waals surface area contributed by atoms with E-state index in [4.69, 9.17) is 10.5 Å². The van der Waals surface area contributed by atoms with Crippen LogP contribution in [0.15, 0.2) is 0 Å². The fourth-order valence-electron chi connectivity index (χ4n) is 1.57. The molecular formula is C10H18N2O3S. The van der Waals surface area contributed by atoms with E-state index in [1.807, 2.05) is 6.92 Å². The van der Waals surface area contributed by atoms with E-state index in [1.54, 1.807) is 23.6 Å². The average Bonchev–Trinajstić information content (AvgIpc) is 2.28. The highest BCUT2D eigenvalue weighted by atomic mass is 32.2. The molecule has 2 N–H and O–H groups in total. The number of carbonyl (C=O) groups excluding carboxylic acids is 2. The van der Waals surface area contributed by atoms with Gasteiger partial charge in [-0.1, -0.05) is 0 Å². The first-order valence-corrected chi connectivity index (χ1v) is 6.53. The summed E-state index contributed by atoms with van der Waals surface area (Å²) in [6, 6.07) is -1.04. The predicted octanol–water partition coefficient (Wildman–Crippen LogP) is -0.159. The molecule has 2 atom stereocenters. The molecule has 1 amide bonds. The number of hydrogen-bond donors (Lipinski definition) is 1. The fraction of sp³-hybridized carbons (Fsp3) is 0.800. The Bertz CT molecular complexity index is 273. The van der Waals surface area contributed by atoms with E-state index in [0.29, 0.717) is 6.54 Å². The van der Waals surface area contributed by atoms with Crippen LogP contribution >= 0.6 is 11.8 Å². The summed E-state index contributed by atoms with van der Waals surface area (Å²) in [6.45, 7) is 4.54. The van der Waals surface area contributed by atoms with E-state index in [2.05, 4.69) is 0 Å². The van der Waals surface area contributed by atoms with Gasteiger partial charge in [-0.2, -0.15) is 11.8 Å². The number of nitrogens with two attached hydrogens (primary N) is 1. The summed E-state index contributed by atoms with van der Waals surface area (Å²) in [4.78, 5) is 24.9. The number of esters is 1. The molecule has 0 aromatic rings. The van der Waals surface area contributed by atoms with E-state index >= 15 is 0 Å². The van der Waals surface area contributed by atoms with Gasteiger partial charge in [-0.15, -0.1) is 0 Å². The maximum atomic E-state index is 11.9. The highest BCUT2D eigenvalue weighted by molar-refractivity contribution is 7.99. The Labute approximate surface area is 99.7 Å². The van der Waals surface area contributed by atoms with Gasteiger partial charge in [-0.3, -0.25) is 4.79 Å². The molecular weight excluding hydrogens is 228 g/mol. The summed E-state index contributed by atoms with van der Waals surface area (Å²) >= 11 is 1.80. The summed E-state index contributed by atoms with van der Waals surface area (Å²) in [5.41, 5.74) is 5.57. The minimum absolute atomic E-state index is 0.131. The summed E-state index contributed by atoms with van der Waals surface area (Å²) in [5.74, 6) is 0.816. The monoisotopic (exact) mass is 246 g/mol. The van der Waals surface area contributed by atoms with Crippen LogP contribution in [-0.2, 0) is 14.3 Å². The van der Waals surface area contributed by atoms with Gasteiger partial charge >= 0.3 is 5.97 Å². The Kier molecular flexibility index (Phi) is 5.08. The number of hydrogen-bond acceptors (Lipinski definition) is 5. The van der Waals surface area contributed by atoms with Crippen LogP contribution < -0.4 is 5.73 Å². The maximum absolute atomic E-state index is 11.9. The molecule has 1 fully saturated rings. The highest BCUT2D eigenvalue weighted by Crippen LogP contribution is 2.16. The molecule has 6 heteroatoms. The van der Waals surface area contributed by atoms with Gasteiger partial charge in [0.15, 0.2) is 6.04 Å². The molecule has 0 bridgehead atoms. The van der Waals surface area contributed by atoms with Gasteiger partial charge < -0.3 is 15.4 Å². The Morgan fingerprint density at radius 1 is 1.62 bits per heavy atom. The third-order valence-corrected chi connectivity index (χ3v) is 3.65. The predicted molar refractivity (Wildman–Crippen MR) is 63.1 cm³/mol. The zero-order valence-corrected chi connectivity index (χ0v) is 10.5. The molecule has 1 aliphatic rings. The van der Waals surface area contributed by atoms with Crippen LogP contribution in [0.2, 0.25) is 0 Å². The molecule has 0 aliphatic carbocycles. The highest BCUT2D eigenvalue weighted by Gasteiger charge is 2.32. The molecule has 0 saturated carbocycles. The van der Waals surface area contributed by atoms with E-state index in [-0.39, 0.29) is 18.6 Å². The molecule has 0 aromatic heterocycles. The zero-order valence-electron chi connectivity index (χ0n) is 9.64. The number of nitrogens with zero attached hydrogens (tertiary/aromatic N) is 1. The quantitative estimate of drug-likeness (QED) is 0.553. The van der Waals surface area contributed by atoms with Crippen molar-refractivity contribution in [3.05, 3.63) is 0 Å². The van der Waals surface area contributed by atoms with Crippen molar-refractivity contribution in [2.24, 2.45) is 5.73 Å². The van der Waals surface area contributed by atoms with Gasteiger partial charge in [-0.25, -0.2) is 4.79 Å². The normalized spacial score (nSPS) is 22.7. The van der Waals surface area contributed by atoms with Gasteiger partial charge in [0.2, 0.25) is 0 Å². The van der Waals surface area contributed by atoms with Crippen LogP contribution in [0.25, 0.3) is 0 Å². The summed E-state index contributed by atoms with van der Waals surface area (Å²) in [5, 5.41) is 0. The van der Waals surface area contributed by atoms with E-state index in [1.165, 1.54) is 0 Å². The minimum atomic E-state index is -1.18. The van der Waals surface area contributed by atoms with Gasteiger partial charge in [-0.05, 0) is 13.8 Å². The molecule has 1 saturated heterocycles. The number of amides is 1. The Balaban J connectivity index is 2.58. The molecule has 2 unspecified atom stereocenters. The second-order valence-electron chi connectivity index (χ2n) is 3.69. The van der Waals surface area contributed by atoms with Crippen molar-refractivity contribution in [3.8, 4) is 0 Å². The van der Waals surface area contributed by atoms with Crippen LogP contribution in [0.3, 0.4) is 0 Å². The Morgan fingerprint density at radius 3 is 2.88 bits per heavy atom. The van der Waals surface area contributed by atoms with E-state index < -0.39 is 12.0 Å². The van der Waals surface area contributed by atoms with Crippen molar-refractivity contribution in [2.45, 2.75) is 25.9 Å².